The van der Waals surface area contributed by atoms with E-state index >= 15 is 0 Å². The number of halogens is 1. The van der Waals surface area contributed by atoms with E-state index in [2.05, 4.69) is 58.2 Å². The highest BCUT2D eigenvalue weighted by molar-refractivity contribution is 9.10. The van der Waals surface area contributed by atoms with Gasteiger partial charge in [0.1, 0.15) is 0 Å². The maximum Gasteiger partial charge on any atom is 0.0984 e. The fourth-order valence-electron chi connectivity index (χ4n) is 2.61. The average Bonchev–Trinajstić information content (AvgIpc) is 2.44. The lowest BCUT2D eigenvalue weighted by Crippen LogP contribution is -2.48. The van der Waals surface area contributed by atoms with Crippen molar-refractivity contribution in [3.8, 4) is 0 Å². The molecule has 5 heteroatoms. The zero-order chi connectivity index (χ0) is 14.5. The summed E-state index contributed by atoms with van der Waals surface area (Å²) in [5, 5.41) is 12.7. The fraction of sp³-hybridized carbons (Fsp3) is 0.600. The normalized spacial score (nSPS) is 23.1. The second-order valence-corrected chi connectivity index (χ2v) is 6.13. The molecule has 20 heavy (non-hydrogen) atoms. The Morgan fingerprint density at radius 1 is 1.45 bits per heavy atom. The second-order valence-electron chi connectivity index (χ2n) is 5.21. The SMILES string of the molecule is CCNCc1cc(Br)ccc1N1CC(C)OC(CO)C1. The van der Waals surface area contributed by atoms with Crippen molar-refractivity contribution in [1.82, 2.24) is 5.32 Å². The molecule has 0 amide bonds. The van der Waals surface area contributed by atoms with Crippen molar-refractivity contribution >= 4 is 21.6 Å². The van der Waals surface area contributed by atoms with Gasteiger partial charge >= 0.3 is 0 Å². The van der Waals surface area contributed by atoms with Crippen LogP contribution in [0, 0.1) is 0 Å². The predicted molar refractivity (Wildman–Crippen MR) is 85.2 cm³/mol. The number of nitrogens with one attached hydrogen (secondary N) is 1. The summed E-state index contributed by atoms with van der Waals surface area (Å²) in [5.41, 5.74) is 2.50. The molecule has 1 heterocycles. The van der Waals surface area contributed by atoms with E-state index in [0.29, 0.717) is 0 Å². The van der Waals surface area contributed by atoms with Crippen LogP contribution in [0.5, 0.6) is 0 Å². The number of aliphatic hydroxyl groups excluding tert-OH is 1. The summed E-state index contributed by atoms with van der Waals surface area (Å²) >= 11 is 3.54. The van der Waals surface area contributed by atoms with Gasteiger partial charge in [-0.2, -0.15) is 0 Å². The Balaban J connectivity index is 2.21. The van der Waals surface area contributed by atoms with Crippen LogP contribution in [0.2, 0.25) is 0 Å². The molecule has 0 radical (unpaired) electrons. The van der Waals surface area contributed by atoms with E-state index in [4.69, 9.17) is 4.74 Å². The molecule has 0 aliphatic carbocycles. The number of hydrogen-bond acceptors (Lipinski definition) is 4. The Labute approximate surface area is 129 Å². The summed E-state index contributed by atoms with van der Waals surface area (Å²) in [4.78, 5) is 2.31. The Hall–Kier alpha value is -0.620. The van der Waals surface area contributed by atoms with Gasteiger partial charge in [-0.15, -0.1) is 0 Å². The number of hydrogen-bond donors (Lipinski definition) is 2. The third-order valence-corrected chi connectivity index (χ3v) is 3.97. The van der Waals surface area contributed by atoms with E-state index in [9.17, 15) is 5.11 Å². The molecule has 2 unspecified atom stereocenters. The molecular formula is C15H23BrN2O2. The fourth-order valence-corrected chi connectivity index (χ4v) is 3.02. The number of benzene rings is 1. The molecular weight excluding hydrogens is 320 g/mol. The summed E-state index contributed by atoms with van der Waals surface area (Å²) in [7, 11) is 0. The Kier molecular flexibility index (Phi) is 5.84. The number of aliphatic hydroxyl groups is 1. The van der Waals surface area contributed by atoms with Crippen molar-refractivity contribution in [2.45, 2.75) is 32.6 Å². The molecule has 1 fully saturated rings. The van der Waals surface area contributed by atoms with Crippen molar-refractivity contribution in [1.29, 1.82) is 0 Å². The molecule has 1 aliphatic rings. The highest BCUT2D eigenvalue weighted by Gasteiger charge is 2.26. The van der Waals surface area contributed by atoms with Crippen LogP contribution in [0.3, 0.4) is 0 Å². The van der Waals surface area contributed by atoms with Gasteiger partial charge in [-0.1, -0.05) is 22.9 Å². The molecule has 1 aliphatic heterocycles. The second kappa shape index (κ2) is 7.41. The summed E-state index contributed by atoms with van der Waals surface area (Å²) in [6.45, 7) is 7.62. The first-order valence-corrected chi connectivity index (χ1v) is 7.93. The summed E-state index contributed by atoms with van der Waals surface area (Å²) in [6.07, 6.45) is 0.0333. The summed E-state index contributed by atoms with van der Waals surface area (Å²) < 4.78 is 6.81. The quantitative estimate of drug-likeness (QED) is 0.860. The van der Waals surface area contributed by atoms with E-state index < -0.39 is 0 Å². The van der Waals surface area contributed by atoms with Gasteiger partial charge in [0.05, 0.1) is 18.8 Å². The number of nitrogens with zero attached hydrogens (tertiary/aromatic N) is 1. The van der Waals surface area contributed by atoms with E-state index in [1.807, 2.05) is 0 Å². The van der Waals surface area contributed by atoms with Crippen LogP contribution in [-0.2, 0) is 11.3 Å². The van der Waals surface area contributed by atoms with E-state index in [0.717, 1.165) is 30.7 Å². The predicted octanol–water partition coefficient (Wildman–Crippen LogP) is 2.14. The van der Waals surface area contributed by atoms with Gasteiger partial charge in [-0.05, 0) is 37.2 Å². The maximum atomic E-state index is 9.36. The van der Waals surface area contributed by atoms with Crippen LogP contribution >= 0.6 is 15.9 Å². The van der Waals surface area contributed by atoms with Crippen LogP contribution in [-0.4, -0.2) is 43.6 Å². The van der Waals surface area contributed by atoms with Crippen LogP contribution in [0.15, 0.2) is 22.7 Å². The summed E-state index contributed by atoms with van der Waals surface area (Å²) in [6, 6.07) is 6.37. The van der Waals surface area contributed by atoms with Gasteiger partial charge in [0.15, 0.2) is 0 Å². The van der Waals surface area contributed by atoms with Gasteiger partial charge in [0.2, 0.25) is 0 Å². The molecule has 0 saturated carbocycles. The first-order chi connectivity index (χ1) is 9.63. The van der Waals surface area contributed by atoms with E-state index in [1.54, 1.807) is 0 Å². The smallest absolute Gasteiger partial charge is 0.0984 e. The standard InChI is InChI=1S/C15H23BrN2O2/c1-3-17-7-12-6-13(16)4-5-15(12)18-8-11(2)20-14(9-18)10-19/h4-6,11,14,17,19H,3,7-10H2,1-2H3. The number of morpholine rings is 1. The van der Waals surface area contributed by atoms with Gasteiger partial charge < -0.3 is 20.1 Å². The Morgan fingerprint density at radius 2 is 2.25 bits per heavy atom. The lowest BCUT2D eigenvalue weighted by molar-refractivity contribution is -0.0421. The molecule has 1 aromatic carbocycles. The minimum absolute atomic E-state index is 0.0694. The molecule has 0 bridgehead atoms. The molecule has 1 aromatic rings. The van der Waals surface area contributed by atoms with Gasteiger partial charge in [0.25, 0.3) is 0 Å². The van der Waals surface area contributed by atoms with Crippen molar-refractivity contribution < 1.29 is 9.84 Å². The minimum Gasteiger partial charge on any atom is -0.394 e. The number of anilines is 1. The van der Waals surface area contributed by atoms with Gasteiger partial charge in [-0.3, -0.25) is 0 Å². The van der Waals surface area contributed by atoms with Crippen LogP contribution < -0.4 is 10.2 Å². The molecule has 2 atom stereocenters. The molecule has 1 saturated heterocycles. The van der Waals surface area contributed by atoms with Crippen molar-refractivity contribution in [2.75, 3.05) is 31.1 Å². The third kappa shape index (κ3) is 3.95. The van der Waals surface area contributed by atoms with Crippen molar-refractivity contribution in [3.05, 3.63) is 28.2 Å². The molecule has 0 aromatic heterocycles. The molecule has 2 rings (SSSR count). The highest BCUT2D eigenvalue weighted by atomic mass is 79.9. The number of rotatable bonds is 5. The van der Waals surface area contributed by atoms with Crippen molar-refractivity contribution in [3.63, 3.8) is 0 Å². The minimum atomic E-state index is -0.102. The van der Waals surface area contributed by atoms with Crippen LogP contribution in [0.1, 0.15) is 19.4 Å². The first kappa shape index (κ1) is 15.8. The van der Waals surface area contributed by atoms with Crippen molar-refractivity contribution in [2.24, 2.45) is 0 Å². The molecule has 112 valence electrons. The van der Waals surface area contributed by atoms with E-state index in [-0.39, 0.29) is 18.8 Å². The van der Waals surface area contributed by atoms with E-state index in [1.165, 1.54) is 11.3 Å². The van der Waals surface area contributed by atoms with Gasteiger partial charge in [-0.25, -0.2) is 0 Å². The largest absolute Gasteiger partial charge is 0.394 e. The molecule has 4 nitrogen and oxygen atoms in total. The topological polar surface area (TPSA) is 44.7 Å². The summed E-state index contributed by atoms with van der Waals surface area (Å²) in [5.74, 6) is 0. The third-order valence-electron chi connectivity index (χ3n) is 3.48. The average molecular weight is 343 g/mol. The lowest BCUT2D eigenvalue weighted by atomic mass is 10.1. The van der Waals surface area contributed by atoms with Crippen LogP contribution in [0.25, 0.3) is 0 Å². The lowest BCUT2D eigenvalue weighted by Gasteiger charge is -2.38. The molecule has 2 N–H and O–H groups in total. The monoisotopic (exact) mass is 342 g/mol. The maximum absolute atomic E-state index is 9.36. The highest BCUT2D eigenvalue weighted by Crippen LogP contribution is 2.27. The first-order valence-electron chi connectivity index (χ1n) is 7.14. The van der Waals surface area contributed by atoms with Gasteiger partial charge in [0, 0.05) is 29.8 Å². The Bertz CT molecular complexity index is 442. The molecule has 0 spiro atoms. The number of ether oxygens (including phenoxy) is 1. The zero-order valence-electron chi connectivity index (χ0n) is 12.1. The Morgan fingerprint density at radius 3 is 2.95 bits per heavy atom. The van der Waals surface area contributed by atoms with Crippen LogP contribution in [0.4, 0.5) is 5.69 Å². The zero-order valence-corrected chi connectivity index (χ0v) is 13.7.